The van der Waals surface area contributed by atoms with Crippen LogP contribution in [0.3, 0.4) is 0 Å². The molecule has 4 nitrogen and oxygen atoms in total. The third kappa shape index (κ3) is 1.38. The first kappa shape index (κ1) is 7.79. The van der Waals surface area contributed by atoms with Gasteiger partial charge in [-0.3, -0.25) is 0 Å². The van der Waals surface area contributed by atoms with Crippen molar-refractivity contribution >= 4 is 5.82 Å². The SMILES string of the molecule is Cc1cc(N)ncc1-n1ccnc1. The molecule has 0 aliphatic carbocycles. The van der Waals surface area contributed by atoms with Crippen molar-refractivity contribution in [2.75, 3.05) is 5.73 Å². The van der Waals surface area contributed by atoms with Crippen molar-refractivity contribution in [2.24, 2.45) is 0 Å². The molecule has 2 heterocycles. The number of anilines is 1. The minimum Gasteiger partial charge on any atom is -0.384 e. The van der Waals surface area contributed by atoms with Crippen LogP contribution in [-0.2, 0) is 0 Å². The molecule has 2 aromatic heterocycles. The van der Waals surface area contributed by atoms with Gasteiger partial charge in [0.2, 0.25) is 0 Å². The molecule has 0 saturated heterocycles. The zero-order valence-electron chi connectivity index (χ0n) is 7.31. The van der Waals surface area contributed by atoms with Gasteiger partial charge >= 0.3 is 0 Å². The van der Waals surface area contributed by atoms with Crippen LogP contribution in [0.1, 0.15) is 5.56 Å². The van der Waals surface area contributed by atoms with Gasteiger partial charge in [-0.05, 0) is 18.6 Å². The average molecular weight is 174 g/mol. The number of nitrogen functional groups attached to an aromatic ring is 1. The normalized spacial score (nSPS) is 10.2. The summed E-state index contributed by atoms with van der Waals surface area (Å²) in [5, 5.41) is 0. The Morgan fingerprint density at radius 3 is 2.92 bits per heavy atom. The van der Waals surface area contributed by atoms with Crippen LogP contribution in [-0.4, -0.2) is 14.5 Å². The van der Waals surface area contributed by atoms with Crippen molar-refractivity contribution in [1.82, 2.24) is 14.5 Å². The summed E-state index contributed by atoms with van der Waals surface area (Å²) in [5.74, 6) is 0.543. The smallest absolute Gasteiger partial charge is 0.123 e. The topological polar surface area (TPSA) is 56.7 Å². The van der Waals surface area contributed by atoms with Gasteiger partial charge in [0.25, 0.3) is 0 Å². The van der Waals surface area contributed by atoms with E-state index in [1.807, 2.05) is 23.8 Å². The first-order valence-corrected chi connectivity index (χ1v) is 3.98. The van der Waals surface area contributed by atoms with Crippen LogP contribution >= 0.6 is 0 Å². The molecule has 2 aromatic rings. The molecular formula is C9H10N4. The van der Waals surface area contributed by atoms with Gasteiger partial charge in [-0.2, -0.15) is 0 Å². The molecule has 13 heavy (non-hydrogen) atoms. The molecule has 2 rings (SSSR count). The number of nitrogens with zero attached hydrogens (tertiary/aromatic N) is 3. The highest BCUT2D eigenvalue weighted by atomic mass is 15.0. The quantitative estimate of drug-likeness (QED) is 0.705. The van der Waals surface area contributed by atoms with Crippen LogP contribution in [0.15, 0.2) is 31.0 Å². The number of hydrogen-bond donors (Lipinski definition) is 1. The van der Waals surface area contributed by atoms with Crippen LogP contribution < -0.4 is 5.73 Å². The van der Waals surface area contributed by atoms with Gasteiger partial charge < -0.3 is 10.3 Å². The largest absolute Gasteiger partial charge is 0.384 e. The van der Waals surface area contributed by atoms with E-state index in [9.17, 15) is 0 Å². The van der Waals surface area contributed by atoms with Crippen LogP contribution in [0.4, 0.5) is 5.82 Å². The Morgan fingerprint density at radius 1 is 1.46 bits per heavy atom. The lowest BCUT2D eigenvalue weighted by Gasteiger charge is -2.05. The third-order valence-electron chi connectivity index (χ3n) is 1.89. The van der Waals surface area contributed by atoms with E-state index in [0.29, 0.717) is 5.82 Å². The number of rotatable bonds is 1. The Kier molecular flexibility index (Phi) is 1.73. The Labute approximate surface area is 76.1 Å². The van der Waals surface area contributed by atoms with Gasteiger partial charge in [0.1, 0.15) is 5.82 Å². The van der Waals surface area contributed by atoms with Crippen LogP contribution in [0.2, 0.25) is 0 Å². The highest BCUT2D eigenvalue weighted by Gasteiger charge is 2.00. The number of nitrogens with two attached hydrogens (primary N) is 1. The van der Waals surface area contributed by atoms with Gasteiger partial charge in [0, 0.05) is 12.4 Å². The molecule has 0 saturated carbocycles. The van der Waals surface area contributed by atoms with E-state index in [1.54, 1.807) is 18.7 Å². The fourth-order valence-electron chi connectivity index (χ4n) is 1.24. The second kappa shape index (κ2) is 2.90. The second-order valence-corrected chi connectivity index (χ2v) is 2.87. The predicted octanol–water partition coefficient (Wildman–Crippen LogP) is 1.16. The number of aromatic nitrogens is 3. The van der Waals surface area contributed by atoms with Crippen molar-refractivity contribution < 1.29 is 0 Å². The Hall–Kier alpha value is -1.84. The summed E-state index contributed by atoms with van der Waals surface area (Å²) in [4.78, 5) is 7.99. The van der Waals surface area contributed by atoms with Crippen molar-refractivity contribution in [3.8, 4) is 5.69 Å². The van der Waals surface area contributed by atoms with E-state index in [1.165, 1.54) is 0 Å². The predicted molar refractivity (Wildman–Crippen MR) is 50.5 cm³/mol. The molecule has 66 valence electrons. The monoisotopic (exact) mass is 174 g/mol. The molecule has 0 amide bonds. The van der Waals surface area contributed by atoms with E-state index in [0.717, 1.165) is 11.3 Å². The van der Waals surface area contributed by atoms with Gasteiger partial charge in [-0.1, -0.05) is 0 Å². The maximum atomic E-state index is 5.54. The van der Waals surface area contributed by atoms with E-state index in [-0.39, 0.29) is 0 Å². The van der Waals surface area contributed by atoms with Crippen molar-refractivity contribution in [3.05, 3.63) is 36.5 Å². The van der Waals surface area contributed by atoms with E-state index in [4.69, 9.17) is 5.73 Å². The van der Waals surface area contributed by atoms with Gasteiger partial charge in [-0.15, -0.1) is 0 Å². The first-order valence-electron chi connectivity index (χ1n) is 3.98. The summed E-state index contributed by atoms with van der Waals surface area (Å²) in [5.41, 5.74) is 7.64. The van der Waals surface area contributed by atoms with Gasteiger partial charge in [0.05, 0.1) is 18.2 Å². The summed E-state index contributed by atoms with van der Waals surface area (Å²) >= 11 is 0. The lowest BCUT2D eigenvalue weighted by molar-refractivity contribution is 1.02. The molecule has 0 aliphatic rings. The first-order chi connectivity index (χ1) is 6.27. The lowest BCUT2D eigenvalue weighted by Crippen LogP contribution is -1.97. The number of imidazole rings is 1. The minimum absolute atomic E-state index is 0.543. The third-order valence-corrected chi connectivity index (χ3v) is 1.89. The lowest BCUT2D eigenvalue weighted by atomic mass is 10.2. The van der Waals surface area contributed by atoms with Crippen LogP contribution in [0, 0.1) is 6.92 Å². The van der Waals surface area contributed by atoms with Gasteiger partial charge in [0.15, 0.2) is 0 Å². The Bertz CT molecular complexity index is 406. The summed E-state index contributed by atoms with van der Waals surface area (Å²) in [6.45, 7) is 1.99. The number of aryl methyl sites for hydroxylation is 1. The molecule has 2 N–H and O–H groups in total. The number of pyridine rings is 1. The Balaban J connectivity index is 2.53. The van der Waals surface area contributed by atoms with Crippen LogP contribution in [0.5, 0.6) is 0 Å². The maximum absolute atomic E-state index is 5.54. The fraction of sp³-hybridized carbons (Fsp3) is 0.111. The summed E-state index contributed by atoms with van der Waals surface area (Å²) < 4.78 is 1.90. The summed E-state index contributed by atoms with van der Waals surface area (Å²) in [6.07, 6.45) is 7.09. The standard InChI is InChI=1S/C9H10N4/c1-7-4-9(10)12-5-8(7)13-3-2-11-6-13/h2-6H,1H3,(H2,10,12). The van der Waals surface area contributed by atoms with E-state index in [2.05, 4.69) is 9.97 Å². The van der Waals surface area contributed by atoms with Gasteiger partial charge in [-0.25, -0.2) is 9.97 Å². The van der Waals surface area contributed by atoms with Crippen molar-refractivity contribution in [3.63, 3.8) is 0 Å². The molecule has 4 heteroatoms. The zero-order valence-corrected chi connectivity index (χ0v) is 7.31. The average Bonchev–Trinajstić information content (AvgIpc) is 2.56. The molecule has 0 spiro atoms. The maximum Gasteiger partial charge on any atom is 0.123 e. The highest BCUT2D eigenvalue weighted by molar-refractivity contribution is 5.44. The van der Waals surface area contributed by atoms with Crippen LogP contribution in [0.25, 0.3) is 5.69 Å². The van der Waals surface area contributed by atoms with E-state index < -0.39 is 0 Å². The molecular weight excluding hydrogens is 164 g/mol. The molecule has 0 radical (unpaired) electrons. The van der Waals surface area contributed by atoms with Crippen molar-refractivity contribution in [2.45, 2.75) is 6.92 Å². The second-order valence-electron chi connectivity index (χ2n) is 2.87. The molecule has 0 aliphatic heterocycles. The zero-order chi connectivity index (χ0) is 9.26. The molecule has 0 fully saturated rings. The summed E-state index contributed by atoms with van der Waals surface area (Å²) in [7, 11) is 0. The molecule has 0 atom stereocenters. The highest BCUT2D eigenvalue weighted by Crippen LogP contribution is 2.13. The minimum atomic E-state index is 0.543. The fourth-order valence-corrected chi connectivity index (χ4v) is 1.24. The molecule has 0 bridgehead atoms. The van der Waals surface area contributed by atoms with Crippen molar-refractivity contribution in [1.29, 1.82) is 0 Å². The summed E-state index contributed by atoms with van der Waals surface area (Å²) in [6, 6.07) is 1.84. The molecule has 0 aromatic carbocycles. The Morgan fingerprint density at radius 2 is 2.31 bits per heavy atom. The molecule has 0 unspecified atom stereocenters. The van der Waals surface area contributed by atoms with E-state index >= 15 is 0 Å². The number of hydrogen-bond acceptors (Lipinski definition) is 3.